The van der Waals surface area contributed by atoms with Gasteiger partial charge in [-0.1, -0.05) is 39.0 Å². The van der Waals surface area contributed by atoms with E-state index < -0.39 is 0 Å². The molecule has 0 N–H and O–H groups in total. The van der Waals surface area contributed by atoms with Gasteiger partial charge in [0, 0.05) is 11.2 Å². The van der Waals surface area contributed by atoms with Gasteiger partial charge in [-0.2, -0.15) is 0 Å². The van der Waals surface area contributed by atoms with Gasteiger partial charge in [0.2, 0.25) is 0 Å². The predicted molar refractivity (Wildman–Crippen MR) is 79.4 cm³/mol. The monoisotopic (exact) mass is 262 g/mol. The van der Waals surface area contributed by atoms with Gasteiger partial charge in [-0.15, -0.1) is 11.8 Å². The van der Waals surface area contributed by atoms with Crippen LogP contribution in [-0.2, 0) is 24.1 Å². The van der Waals surface area contributed by atoms with Crippen molar-refractivity contribution in [2.24, 2.45) is 0 Å². The Balaban J connectivity index is 1.91. The van der Waals surface area contributed by atoms with Crippen LogP contribution in [0.15, 0.2) is 18.2 Å². The Morgan fingerprint density at radius 1 is 1.22 bits per heavy atom. The predicted octanol–water partition coefficient (Wildman–Crippen LogP) is 3.82. The molecule has 0 bridgehead atoms. The van der Waals surface area contributed by atoms with Gasteiger partial charge < -0.3 is 0 Å². The van der Waals surface area contributed by atoms with Crippen molar-refractivity contribution in [2.45, 2.75) is 51.2 Å². The van der Waals surface area contributed by atoms with Gasteiger partial charge in [-0.05, 0) is 36.0 Å². The third-order valence-electron chi connectivity index (χ3n) is 3.23. The molecule has 0 atom stereocenters. The van der Waals surface area contributed by atoms with E-state index in [2.05, 4.69) is 39.0 Å². The number of hydrogen-bond acceptors (Lipinski definition) is 2. The van der Waals surface area contributed by atoms with Gasteiger partial charge in [0.1, 0.15) is 5.78 Å². The SMILES string of the molecule is CC(C)(C)SCC(=O)Cc1ccc2c(c1)CCC2. The maximum Gasteiger partial charge on any atom is 0.147 e. The Morgan fingerprint density at radius 2 is 1.94 bits per heavy atom. The molecular weight excluding hydrogens is 240 g/mol. The van der Waals surface area contributed by atoms with Crippen LogP contribution < -0.4 is 0 Å². The summed E-state index contributed by atoms with van der Waals surface area (Å²) in [5, 5.41) is 0. The van der Waals surface area contributed by atoms with Crippen molar-refractivity contribution in [3.05, 3.63) is 34.9 Å². The molecule has 1 aromatic carbocycles. The molecule has 0 amide bonds. The third-order valence-corrected chi connectivity index (χ3v) is 4.56. The van der Waals surface area contributed by atoms with Crippen LogP contribution in [0.2, 0.25) is 0 Å². The Morgan fingerprint density at radius 3 is 2.67 bits per heavy atom. The number of thioether (sulfide) groups is 1. The molecule has 18 heavy (non-hydrogen) atoms. The van der Waals surface area contributed by atoms with E-state index >= 15 is 0 Å². The fourth-order valence-electron chi connectivity index (χ4n) is 2.31. The highest BCUT2D eigenvalue weighted by molar-refractivity contribution is 8.01. The summed E-state index contributed by atoms with van der Waals surface area (Å²) in [6.07, 6.45) is 4.26. The first-order chi connectivity index (χ1) is 8.44. The molecule has 0 aliphatic heterocycles. The normalized spacial score (nSPS) is 14.6. The first-order valence-electron chi connectivity index (χ1n) is 6.70. The van der Waals surface area contributed by atoms with E-state index in [0.717, 1.165) is 0 Å². The van der Waals surface area contributed by atoms with Crippen molar-refractivity contribution >= 4 is 17.5 Å². The number of ketones is 1. The van der Waals surface area contributed by atoms with E-state index in [1.54, 1.807) is 11.8 Å². The standard InChI is InChI=1S/C16H22OS/c1-16(2,3)18-11-15(17)10-12-7-8-13-5-4-6-14(13)9-12/h7-9H,4-6,10-11H2,1-3H3. The molecule has 2 rings (SSSR count). The summed E-state index contributed by atoms with van der Waals surface area (Å²) in [6, 6.07) is 6.58. The Bertz CT molecular complexity index is 443. The quantitative estimate of drug-likeness (QED) is 0.820. The van der Waals surface area contributed by atoms with Crippen LogP contribution in [0.5, 0.6) is 0 Å². The molecule has 1 aliphatic rings. The second kappa shape index (κ2) is 5.48. The van der Waals surface area contributed by atoms with Crippen molar-refractivity contribution in [2.75, 3.05) is 5.75 Å². The van der Waals surface area contributed by atoms with Gasteiger partial charge in [0.05, 0.1) is 5.75 Å². The molecule has 0 radical (unpaired) electrons. The van der Waals surface area contributed by atoms with E-state index in [1.807, 2.05) is 0 Å². The second-order valence-electron chi connectivity index (χ2n) is 6.07. The summed E-state index contributed by atoms with van der Waals surface area (Å²) in [7, 11) is 0. The molecule has 98 valence electrons. The zero-order valence-corrected chi connectivity index (χ0v) is 12.4. The van der Waals surface area contributed by atoms with Crippen LogP contribution in [0.1, 0.15) is 43.9 Å². The van der Waals surface area contributed by atoms with Gasteiger partial charge in [0.25, 0.3) is 0 Å². The van der Waals surface area contributed by atoms with Crippen molar-refractivity contribution < 1.29 is 4.79 Å². The third kappa shape index (κ3) is 3.88. The number of carbonyl (C=O) groups excluding carboxylic acids is 1. The largest absolute Gasteiger partial charge is 0.298 e. The van der Waals surface area contributed by atoms with Crippen molar-refractivity contribution in [3.63, 3.8) is 0 Å². The average Bonchev–Trinajstić information content (AvgIpc) is 2.72. The summed E-state index contributed by atoms with van der Waals surface area (Å²) in [5.74, 6) is 0.966. The molecule has 1 aliphatic carbocycles. The number of rotatable bonds is 4. The minimum absolute atomic E-state index is 0.174. The van der Waals surface area contributed by atoms with Gasteiger partial charge in [-0.3, -0.25) is 4.79 Å². The average molecular weight is 262 g/mol. The number of benzene rings is 1. The lowest BCUT2D eigenvalue weighted by Crippen LogP contribution is -2.14. The molecule has 0 unspecified atom stereocenters. The smallest absolute Gasteiger partial charge is 0.147 e. The Kier molecular flexibility index (Phi) is 4.16. The highest BCUT2D eigenvalue weighted by Crippen LogP contribution is 2.25. The van der Waals surface area contributed by atoms with Crippen LogP contribution in [0, 0.1) is 0 Å². The highest BCUT2D eigenvalue weighted by Gasteiger charge is 2.15. The number of hydrogen-bond donors (Lipinski definition) is 0. The lowest BCUT2D eigenvalue weighted by molar-refractivity contribution is -0.116. The number of carbonyl (C=O) groups is 1. The van der Waals surface area contributed by atoms with Crippen LogP contribution in [0.3, 0.4) is 0 Å². The molecule has 2 heteroatoms. The summed E-state index contributed by atoms with van der Waals surface area (Å²) < 4.78 is 0.174. The summed E-state index contributed by atoms with van der Waals surface area (Å²) >= 11 is 1.74. The molecule has 0 saturated carbocycles. The molecule has 1 aromatic rings. The molecule has 0 fully saturated rings. The van der Waals surface area contributed by atoms with Gasteiger partial charge >= 0.3 is 0 Å². The van der Waals surface area contributed by atoms with Crippen LogP contribution in [0.4, 0.5) is 0 Å². The minimum Gasteiger partial charge on any atom is -0.298 e. The highest BCUT2D eigenvalue weighted by atomic mass is 32.2. The van der Waals surface area contributed by atoms with E-state index in [4.69, 9.17) is 0 Å². The van der Waals surface area contributed by atoms with E-state index in [1.165, 1.54) is 36.0 Å². The van der Waals surface area contributed by atoms with Crippen molar-refractivity contribution in [1.29, 1.82) is 0 Å². The second-order valence-corrected chi connectivity index (χ2v) is 7.88. The molecule has 1 nitrogen and oxygen atoms in total. The number of Topliss-reactive ketones (excluding diaryl/α,β-unsaturated/α-hetero) is 1. The molecule has 0 spiro atoms. The maximum absolute atomic E-state index is 11.9. The summed E-state index contributed by atoms with van der Waals surface area (Å²) in [5.41, 5.74) is 4.13. The molecule has 0 saturated heterocycles. The first kappa shape index (κ1) is 13.7. The zero-order chi connectivity index (χ0) is 13.2. The number of fused-ring (bicyclic) bond motifs is 1. The van der Waals surface area contributed by atoms with E-state index in [9.17, 15) is 4.79 Å². The van der Waals surface area contributed by atoms with E-state index in [-0.39, 0.29) is 4.75 Å². The van der Waals surface area contributed by atoms with Crippen LogP contribution >= 0.6 is 11.8 Å². The lowest BCUT2D eigenvalue weighted by Gasteiger charge is -2.16. The molecule has 0 aromatic heterocycles. The zero-order valence-electron chi connectivity index (χ0n) is 11.6. The van der Waals surface area contributed by atoms with Gasteiger partial charge in [-0.25, -0.2) is 0 Å². The van der Waals surface area contributed by atoms with Crippen molar-refractivity contribution in [3.8, 4) is 0 Å². The Labute approximate surface area is 114 Å². The summed E-state index contributed by atoms with van der Waals surface area (Å²) in [4.78, 5) is 11.9. The fraction of sp³-hybridized carbons (Fsp3) is 0.562. The minimum atomic E-state index is 0.174. The maximum atomic E-state index is 11.9. The van der Waals surface area contributed by atoms with Crippen molar-refractivity contribution in [1.82, 2.24) is 0 Å². The Hall–Kier alpha value is -0.760. The molecule has 0 heterocycles. The first-order valence-corrected chi connectivity index (χ1v) is 7.69. The van der Waals surface area contributed by atoms with E-state index in [0.29, 0.717) is 18.0 Å². The van der Waals surface area contributed by atoms with Gasteiger partial charge in [0.15, 0.2) is 0 Å². The fourth-order valence-corrected chi connectivity index (χ4v) is 3.01. The molecular formula is C16H22OS. The van der Waals surface area contributed by atoms with Crippen LogP contribution in [-0.4, -0.2) is 16.3 Å². The lowest BCUT2D eigenvalue weighted by atomic mass is 10.0. The number of aryl methyl sites for hydroxylation is 2. The topological polar surface area (TPSA) is 17.1 Å². The van der Waals surface area contributed by atoms with Crippen LogP contribution in [0.25, 0.3) is 0 Å². The summed E-state index contributed by atoms with van der Waals surface area (Å²) in [6.45, 7) is 6.46.